The molecule has 0 saturated carbocycles. The molecule has 0 amide bonds. The van der Waals surface area contributed by atoms with Crippen LogP contribution in [0.25, 0.3) is 11.3 Å². The van der Waals surface area contributed by atoms with Gasteiger partial charge in [0.25, 0.3) is 0 Å². The topological polar surface area (TPSA) is 58.8 Å². The van der Waals surface area contributed by atoms with Crippen molar-refractivity contribution in [1.82, 2.24) is 9.97 Å². The lowest BCUT2D eigenvalue weighted by molar-refractivity contribution is 0.411. The fourth-order valence-electron chi connectivity index (χ4n) is 1.86. The van der Waals surface area contributed by atoms with Gasteiger partial charge in [0.15, 0.2) is 0 Å². The average molecular weight is 239 g/mol. The van der Waals surface area contributed by atoms with Gasteiger partial charge in [-0.15, -0.1) is 0 Å². The van der Waals surface area contributed by atoms with Gasteiger partial charge in [0.2, 0.25) is 5.82 Å². The van der Waals surface area contributed by atoms with Gasteiger partial charge in [-0.25, -0.2) is 9.97 Å². The summed E-state index contributed by atoms with van der Waals surface area (Å²) < 4.78 is 5.28. The second-order valence-corrected chi connectivity index (χ2v) is 3.94. The average Bonchev–Trinajstić information content (AvgIpc) is 2.42. The highest BCUT2D eigenvalue weighted by molar-refractivity contribution is 5.67. The molecule has 18 heavy (non-hydrogen) atoms. The maximum Gasteiger partial charge on any atom is 0.232 e. The number of nitrogens with zero attached hydrogens (tertiary/aromatic N) is 3. The third-order valence-corrected chi connectivity index (χ3v) is 2.99. The van der Waals surface area contributed by atoms with Crippen molar-refractivity contribution in [3.05, 3.63) is 41.3 Å². The number of hydrogen-bond donors (Lipinski definition) is 0. The second-order valence-electron chi connectivity index (χ2n) is 3.94. The minimum absolute atomic E-state index is 0.181. The van der Waals surface area contributed by atoms with Gasteiger partial charge in [0.1, 0.15) is 11.8 Å². The van der Waals surface area contributed by atoms with E-state index in [2.05, 4.69) is 9.97 Å². The summed E-state index contributed by atoms with van der Waals surface area (Å²) in [5.74, 6) is 1.03. The first kappa shape index (κ1) is 12.1. The molecular weight excluding hydrogens is 226 g/mol. The largest absolute Gasteiger partial charge is 0.496 e. The molecule has 0 radical (unpaired) electrons. The van der Waals surface area contributed by atoms with Gasteiger partial charge in [0, 0.05) is 11.8 Å². The number of benzene rings is 1. The highest BCUT2D eigenvalue weighted by Gasteiger charge is 2.10. The molecule has 0 bridgehead atoms. The van der Waals surface area contributed by atoms with Gasteiger partial charge >= 0.3 is 0 Å². The van der Waals surface area contributed by atoms with Crippen molar-refractivity contribution in [1.29, 1.82) is 5.26 Å². The lowest BCUT2D eigenvalue weighted by Gasteiger charge is -2.12. The van der Waals surface area contributed by atoms with E-state index in [0.29, 0.717) is 0 Å². The number of rotatable bonds is 2. The van der Waals surface area contributed by atoms with Crippen molar-refractivity contribution in [2.45, 2.75) is 13.8 Å². The number of ether oxygens (including phenoxy) is 1. The molecule has 1 heterocycles. The van der Waals surface area contributed by atoms with Crippen molar-refractivity contribution in [3.8, 4) is 23.1 Å². The van der Waals surface area contributed by atoms with E-state index < -0.39 is 0 Å². The third kappa shape index (κ3) is 2.03. The molecule has 0 aliphatic carbocycles. The SMILES string of the molecule is COc1ccc(-c2ccnc(C#N)n2)c(C)c1C. The lowest BCUT2D eigenvalue weighted by Crippen LogP contribution is -1.96. The van der Waals surface area contributed by atoms with E-state index in [9.17, 15) is 0 Å². The maximum atomic E-state index is 8.82. The Morgan fingerprint density at radius 1 is 1.17 bits per heavy atom. The van der Waals surface area contributed by atoms with Crippen molar-refractivity contribution < 1.29 is 4.74 Å². The predicted molar refractivity (Wildman–Crippen MR) is 68.2 cm³/mol. The minimum atomic E-state index is 0.181. The first-order valence-corrected chi connectivity index (χ1v) is 5.55. The fourth-order valence-corrected chi connectivity index (χ4v) is 1.86. The van der Waals surface area contributed by atoms with Crippen LogP contribution in [0.1, 0.15) is 17.0 Å². The van der Waals surface area contributed by atoms with E-state index in [0.717, 1.165) is 28.1 Å². The smallest absolute Gasteiger partial charge is 0.232 e. The molecule has 0 fully saturated rings. The molecule has 0 N–H and O–H groups in total. The van der Waals surface area contributed by atoms with Crippen molar-refractivity contribution >= 4 is 0 Å². The first-order chi connectivity index (χ1) is 8.67. The summed E-state index contributed by atoms with van der Waals surface area (Å²) in [7, 11) is 1.65. The zero-order chi connectivity index (χ0) is 13.1. The van der Waals surface area contributed by atoms with E-state index in [4.69, 9.17) is 10.00 Å². The van der Waals surface area contributed by atoms with Crippen LogP contribution in [-0.2, 0) is 0 Å². The van der Waals surface area contributed by atoms with E-state index in [1.54, 1.807) is 19.4 Å². The lowest BCUT2D eigenvalue weighted by atomic mass is 10.00. The van der Waals surface area contributed by atoms with E-state index in [-0.39, 0.29) is 5.82 Å². The highest BCUT2D eigenvalue weighted by atomic mass is 16.5. The quantitative estimate of drug-likeness (QED) is 0.808. The molecule has 0 aliphatic heterocycles. The standard InChI is InChI=1S/C14H13N3O/c1-9-10(2)13(18-3)5-4-11(9)12-6-7-16-14(8-15)17-12/h4-7H,1-3H3. The monoisotopic (exact) mass is 239 g/mol. The summed E-state index contributed by atoms with van der Waals surface area (Å²) in [6.07, 6.45) is 1.60. The molecule has 2 rings (SSSR count). The number of hydrogen-bond acceptors (Lipinski definition) is 4. The van der Waals surface area contributed by atoms with Crippen LogP contribution in [0.2, 0.25) is 0 Å². The van der Waals surface area contributed by atoms with E-state index in [1.165, 1.54) is 0 Å². The van der Waals surface area contributed by atoms with Gasteiger partial charge in [-0.05, 0) is 43.2 Å². The zero-order valence-corrected chi connectivity index (χ0v) is 10.6. The van der Waals surface area contributed by atoms with Gasteiger partial charge in [0.05, 0.1) is 12.8 Å². The number of aromatic nitrogens is 2. The number of nitriles is 1. The molecule has 1 aromatic heterocycles. The molecule has 0 saturated heterocycles. The van der Waals surface area contributed by atoms with Crippen LogP contribution in [0.5, 0.6) is 5.75 Å². The summed E-state index contributed by atoms with van der Waals surface area (Å²) in [5, 5.41) is 8.82. The van der Waals surface area contributed by atoms with Crippen molar-refractivity contribution in [2.75, 3.05) is 7.11 Å². The van der Waals surface area contributed by atoms with Crippen LogP contribution >= 0.6 is 0 Å². The summed E-state index contributed by atoms with van der Waals surface area (Å²) in [6, 6.07) is 7.61. The Morgan fingerprint density at radius 3 is 2.61 bits per heavy atom. The van der Waals surface area contributed by atoms with Gasteiger partial charge in [-0.2, -0.15) is 5.26 Å². The Labute approximate surface area is 106 Å². The van der Waals surface area contributed by atoms with Gasteiger partial charge in [-0.1, -0.05) is 0 Å². The highest BCUT2D eigenvalue weighted by Crippen LogP contribution is 2.29. The Morgan fingerprint density at radius 2 is 1.94 bits per heavy atom. The first-order valence-electron chi connectivity index (χ1n) is 5.55. The molecule has 0 spiro atoms. The van der Waals surface area contributed by atoms with E-state index in [1.807, 2.05) is 32.0 Å². The van der Waals surface area contributed by atoms with Crippen LogP contribution in [0.15, 0.2) is 24.4 Å². The minimum Gasteiger partial charge on any atom is -0.496 e. The zero-order valence-electron chi connectivity index (χ0n) is 10.6. The van der Waals surface area contributed by atoms with Crippen LogP contribution in [0.3, 0.4) is 0 Å². The van der Waals surface area contributed by atoms with Crippen LogP contribution in [0, 0.1) is 25.2 Å². The summed E-state index contributed by atoms with van der Waals surface area (Å²) >= 11 is 0. The molecule has 0 aliphatic rings. The molecule has 0 atom stereocenters. The van der Waals surface area contributed by atoms with Crippen LogP contribution < -0.4 is 4.74 Å². The third-order valence-electron chi connectivity index (χ3n) is 2.99. The Kier molecular flexibility index (Phi) is 3.24. The summed E-state index contributed by atoms with van der Waals surface area (Å²) in [6.45, 7) is 4.02. The second kappa shape index (κ2) is 4.84. The molecule has 4 nitrogen and oxygen atoms in total. The summed E-state index contributed by atoms with van der Waals surface area (Å²) in [4.78, 5) is 8.08. The van der Waals surface area contributed by atoms with Crippen molar-refractivity contribution in [2.24, 2.45) is 0 Å². The van der Waals surface area contributed by atoms with Gasteiger partial charge < -0.3 is 4.74 Å². The van der Waals surface area contributed by atoms with Gasteiger partial charge in [-0.3, -0.25) is 0 Å². The Balaban J connectivity index is 2.58. The predicted octanol–water partition coefficient (Wildman–Crippen LogP) is 2.64. The number of methoxy groups -OCH3 is 1. The molecule has 1 aromatic carbocycles. The van der Waals surface area contributed by atoms with Crippen LogP contribution in [0.4, 0.5) is 0 Å². The molecule has 0 unspecified atom stereocenters. The normalized spacial score (nSPS) is 9.89. The van der Waals surface area contributed by atoms with Crippen LogP contribution in [-0.4, -0.2) is 17.1 Å². The van der Waals surface area contributed by atoms with E-state index >= 15 is 0 Å². The fraction of sp³-hybridized carbons (Fsp3) is 0.214. The Hall–Kier alpha value is -2.41. The molecule has 4 heteroatoms. The van der Waals surface area contributed by atoms with Crippen molar-refractivity contribution in [3.63, 3.8) is 0 Å². The Bertz CT molecular complexity index is 629. The molecule has 90 valence electrons. The molecular formula is C14H13N3O. The maximum absolute atomic E-state index is 8.82. The summed E-state index contributed by atoms with van der Waals surface area (Å²) in [5.41, 5.74) is 3.92. The molecule has 2 aromatic rings.